The van der Waals surface area contributed by atoms with Gasteiger partial charge in [0.15, 0.2) is 0 Å². The number of rotatable bonds is 5. The van der Waals surface area contributed by atoms with Gasteiger partial charge in [0.25, 0.3) is 5.91 Å². The Morgan fingerprint density at radius 3 is 2.81 bits per heavy atom. The monoisotopic (exact) mass is 292 g/mol. The molecule has 21 heavy (non-hydrogen) atoms. The Morgan fingerprint density at radius 1 is 1.38 bits per heavy atom. The highest BCUT2D eigenvalue weighted by molar-refractivity contribution is 5.94. The minimum Gasteiger partial charge on any atom is -0.489 e. The topological polar surface area (TPSA) is 88.5 Å². The molecule has 6 nitrogen and oxygen atoms in total. The number of nitrogens with zero attached hydrogens (tertiary/aromatic N) is 1. The number of carboxylic acids is 1. The standard InChI is InChI=1S/C15H20N2O4/c1-9(2)21-11-6-10(7-16-8-11)14(18)17-13-5-3-4-12(13)15(19)20/h6-9,12-13H,3-5H2,1-2H3,(H,17,18)(H,19,20)/t12-,13+/m0/s1. The summed E-state index contributed by atoms with van der Waals surface area (Å²) >= 11 is 0. The van der Waals surface area contributed by atoms with Gasteiger partial charge in [0, 0.05) is 12.2 Å². The van der Waals surface area contributed by atoms with Crippen molar-refractivity contribution in [1.29, 1.82) is 0 Å². The number of carbonyl (C=O) groups is 2. The second-order valence-electron chi connectivity index (χ2n) is 5.53. The van der Waals surface area contributed by atoms with E-state index in [2.05, 4.69) is 10.3 Å². The second kappa shape index (κ2) is 6.56. The van der Waals surface area contributed by atoms with Gasteiger partial charge in [-0.25, -0.2) is 0 Å². The van der Waals surface area contributed by atoms with E-state index in [1.807, 2.05) is 13.8 Å². The Kier molecular flexibility index (Phi) is 4.77. The van der Waals surface area contributed by atoms with Gasteiger partial charge in [-0.3, -0.25) is 14.6 Å². The van der Waals surface area contributed by atoms with Crippen molar-refractivity contribution in [2.75, 3.05) is 0 Å². The van der Waals surface area contributed by atoms with Crippen LogP contribution in [0.1, 0.15) is 43.5 Å². The lowest BCUT2D eigenvalue weighted by Crippen LogP contribution is -2.40. The summed E-state index contributed by atoms with van der Waals surface area (Å²) in [7, 11) is 0. The van der Waals surface area contributed by atoms with E-state index >= 15 is 0 Å². The number of pyridine rings is 1. The summed E-state index contributed by atoms with van der Waals surface area (Å²) < 4.78 is 5.50. The van der Waals surface area contributed by atoms with Crippen LogP contribution in [0, 0.1) is 5.92 Å². The Morgan fingerprint density at radius 2 is 2.14 bits per heavy atom. The highest BCUT2D eigenvalue weighted by Crippen LogP contribution is 2.26. The predicted octanol–water partition coefficient (Wildman–Crippen LogP) is 1.85. The van der Waals surface area contributed by atoms with Crippen molar-refractivity contribution >= 4 is 11.9 Å². The molecule has 1 aromatic rings. The zero-order valence-corrected chi connectivity index (χ0v) is 12.2. The van der Waals surface area contributed by atoms with E-state index in [1.165, 1.54) is 6.20 Å². The summed E-state index contributed by atoms with van der Waals surface area (Å²) in [6.45, 7) is 3.78. The third kappa shape index (κ3) is 3.93. The normalized spacial score (nSPS) is 21.3. The molecule has 1 aliphatic rings. The Balaban J connectivity index is 2.04. The van der Waals surface area contributed by atoms with Crippen LogP contribution in [0.25, 0.3) is 0 Å². The van der Waals surface area contributed by atoms with Crippen LogP contribution in [0.2, 0.25) is 0 Å². The van der Waals surface area contributed by atoms with Crippen molar-refractivity contribution in [3.8, 4) is 5.75 Å². The SMILES string of the molecule is CC(C)Oc1cncc(C(=O)N[C@@H]2CCC[C@@H]2C(=O)O)c1. The zero-order chi connectivity index (χ0) is 15.4. The molecule has 1 saturated carbocycles. The van der Waals surface area contributed by atoms with Crippen molar-refractivity contribution in [3.63, 3.8) is 0 Å². The first-order valence-electron chi connectivity index (χ1n) is 7.12. The first kappa shape index (κ1) is 15.3. The van der Waals surface area contributed by atoms with Gasteiger partial charge in [0.05, 0.1) is 23.8 Å². The van der Waals surface area contributed by atoms with Gasteiger partial charge in [-0.05, 0) is 32.8 Å². The van der Waals surface area contributed by atoms with E-state index < -0.39 is 11.9 Å². The fourth-order valence-corrected chi connectivity index (χ4v) is 2.56. The molecular formula is C15H20N2O4. The van der Waals surface area contributed by atoms with E-state index in [1.54, 1.807) is 12.3 Å². The predicted molar refractivity (Wildman–Crippen MR) is 76.2 cm³/mol. The number of hydrogen-bond donors (Lipinski definition) is 2. The number of amides is 1. The number of carboxylic acid groups (broad SMARTS) is 1. The maximum Gasteiger partial charge on any atom is 0.308 e. The van der Waals surface area contributed by atoms with Crippen LogP contribution in [0.3, 0.4) is 0 Å². The number of hydrogen-bond acceptors (Lipinski definition) is 4. The number of aliphatic carboxylic acids is 1. The largest absolute Gasteiger partial charge is 0.489 e. The van der Waals surface area contributed by atoms with E-state index in [0.717, 1.165) is 6.42 Å². The zero-order valence-electron chi connectivity index (χ0n) is 12.2. The molecule has 0 aromatic carbocycles. The first-order valence-corrected chi connectivity index (χ1v) is 7.12. The third-order valence-corrected chi connectivity index (χ3v) is 3.50. The van der Waals surface area contributed by atoms with Crippen molar-refractivity contribution in [3.05, 3.63) is 24.0 Å². The molecule has 0 radical (unpaired) electrons. The van der Waals surface area contributed by atoms with Crippen LogP contribution in [0.15, 0.2) is 18.5 Å². The molecule has 0 aliphatic heterocycles. The minimum absolute atomic E-state index is 0.00339. The molecular weight excluding hydrogens is 272 g/mol. The first-order chi connectivity index (χ1) is 9.97. The summed E-state index contributed by atoms with van der Waals surface area (Å²) in [5.41, 5.74) is 0.379. The summed E-state index contributed by atoms with van der Waals surface area (Å²) in [5.74, 6) is -1.14. The molecule has 0 spiro atoms. The van der Waals surface area contributed by atoms with Gasteiger partial charge in [-0.15, -0.1) is 0 Å². The van der Waals surface area contributed by atoms with E-state index in [0.29, 0.717) is 24.2 Å². The Labute approximate surface area is 123 Å². The fourth-order valence-electron chi connectivity index (χ4n) is 2.56. The van der Waals surface area contributed by atoms with E-state index in [9.17, 15) is 9.59 Å². The highest BCUT2D eigenvalue weighted by Gasteiger charge is 2.34. The molecule has 1 amide bonds. The lowest BCUT2D eigenvalue weighted by atomic mass is 10.0. The number of ether oxygens (including phenoxy) is 1. The average molecular weight is 292 g/mol. The van der Waals surface area contributed by atoms with Crippen LogP contribution in [-0.4, -0.2) is 34.1 Å². The van der Waals surface area contributed by atoms with Crippen LogP contribution >= 0.6 is 0 Å². The summed E-state index contributed by atoms with van der Waals surface area (Å²) in [4.78, 5) is 27.3. The molecule has 1 heterocycles. The summed E-state index contributed by atoms with van der Waals surface area (Å²) in [6.07, 6.45) is 5.11. The van der Waals surface area contributed by atoms with Crippen LogP contribution in [0.4, 0.5) is 0 Å². The van der Waals surface area contributed by atoms with Gasteiger partial charge in [0.1, 0.15) is 5.75 Å². The van der Waals surface area contributed by atoms with Gasteiger partial charge in [-0.1, -0.05) is 6.42 Å². The molecule has 1 fully saturated rings. The van der Waals surface area contributed by atoms with Gasteiger partial charge in [-0.2, -0.15) is 0 Å². The molecule has 1 aliphatic carbocycles. The second-order valence-corrected chi connectivity index (χ2v) is 5.53. The fraction of sp³-hybridized carbons (Fsp3) is 0.533. The van der Waals surface area contributed by atoms with Crippen molar-refractivity contribution in [1.82, 2.24) is 10.3 Å². The van der Waals surface area contributed by atoms with Crippen molar-refractivity contribution in [2.45, 2.75) is 45.3 Å². The minimum atomic E-state index is -0.854. The van der Waals surface area contributed by atoms with Gasteiger partial charge < -0.3 is 15.2 Å². The molecule has 1 aromatic heterocycles. The Hall–Kier alpha value is -2.11. The molecule has 0 unspecified atom stereocenters. The molecule has 0 bridgehead atoms. The highest BCUT2D eigenvalue weighted by atomic mass is 16.5. The maximum atomic E-state index is 12.2. The average Bonchev–Trinajstić information content (AvgIpc) is 2.86. The maximum absolute atomic E-state index is 12.2. The van der Waals surface area contributed by atoms with Crippen molar-refractivity contribution < 1.29 is 19.4 Å². The molecule has 2 N–H and O–H groups in total. The van der Waals surface area contributed by atoms with E-state index in [-0.39, 0.29) is 18.1 Å². The number of nitrogens with one attached hydrogen (secondary N) is 1. The van der Waals surface area contributed by atoms with Crippen LogP contribution < -0.4 is 10.1 Å². The lowest BCUT2D eigenvalue weighted by molar-refractivity contribution is -0.142. The van der Waals surface area contributed by atoms with Gasteiger partial charge in [0.2, 0.25) is 0 Å². The molecule has 6 heteroatoms. The number of aromatic nitrogens is 1. The quantitative estimate of drug-likeness (QED) is 0.864. The number of carbonyl (C=O) groups excluding carboxylic acids is 1. The third-order valence-electron chi connectivity index (χ3n) is 3.50. The smallest absolute Gasteiger partial charge is 0.308 e. The molecule has 2 atom stereocenters. The molecule has 114 valence electrons. The van der Waals surface area contributed by atoms with Gasteiger partial charge >= 0.3 is 5.97 Å². The Bertz CT molecular complexity index is 530. The van der Waals surface area contributed by atoms with Crippen molar-refractivity contribution in [2.24, 2.45) is 5.92 Å². The summed E-state index contributed by atoms with van der Waals surface area (Å²) in [5, 5.41) is 11.9. The molecule has 0 saturated heterocycles. The van der Waals surface area contributed by atoms with Crippen LogP contribution in [-0.2, 0) is 4.79 Å². The van der Waals surface area contributed by atoms with E-state index in [4.69, 9.17) is 9.84 Å². The summed E-state index contributed by atoms with van der Waals surface area (Å²) in [6, 6.07) is 1.30. The molecule has 2 rings (SSSR count). The van der Waals surface area contributed by atoms with Crippen LogP contribution in [0.5, 0.6) is 5.75 Å². The lowest BCUT2D eigenvalue weighted by Gasteiger charge is -2.17.